The van der Waals surface area contributed by atoms with Crippen LogP contribution in [0.5, 0.6) is 11.5 Å². The lowest BCUT2D eigenvalue weighted by molar-refractivity contribution is 0.102. The number of carbonyl (C=O) groups is 1. The van der Waals surface area contributed by atoms with Crippen LogP contribution in [0.4, 0.5) is 5.69 Å². The first-order chi connectivity index (χ1) is 11.9. The van der Waals surface area contributed by atoms with Gasteiger partial charge in [0, 0.05) is 23.2 Å². The van der Waals surface area contributed by atoms with Crippen LogP contribution in [0, 0.1) is 12.8 Å². The molecular formula is C17H19BrClN3O3. The van der Waals surface area contributed by atoms with Crippen molar-refractivity contribution in [2.75, 3.05) is 18.5 Å². The maximum absolute atomic E-state index is 12.7. The number of benzene rings is 1. The third-order valence-electron chi connectivity index (χ3n) is 3.71. The molecule has 134 valence electrons. The van der Waals surface area contributed by atoms with Crippen molar-refractivity contribution in [3.63, 3.8) is 0 Å². The fourth-order valence-corrected chi connectivity index (χ4v) is 3.37. The molecule has 2 aromatic rings. The fraction of sp³-hybridized carbons (Fsp3) is 0.412. The molecule has 0 aliphatic carbocycles. The van der Waals surface area contributed by atoms with Crippen molar-refractivity contribution in [3.05, 3.63) is 33.0 Å². The number of aryl methyl sites for hydroxylation is 1. The van der Waals surface area contributed by atoms with Crippen LogP contribution in [-0.4, -0.2) is 28.9 Å². The van der Waals surface area contributed by atoms with E-state index in [-0.39, 0.29) is 5.91 Å². The molecule has 0 saturated carbocycles. The van der Waals surface area contributed by atoms with Gasteiger partial charge in [-0.1, -0.05) is 25.4 Å². The number of aromatic nitrogens is 2. The number of rotatable bonds is 4. The zero-order chi connectivity index (χ0) is 18.1. The summed E-state index contributed by atoms with van der Waals surface area (Å²) in [5.74, 6) is 1.31. The number of hydrogen-bond donors (Lipinski definition) is 1. The van der Waals surface area contributed by atoms with E-state index in [0.717, 1.165) is 0 Å². The lowest BCUT2D eigenvalue weighted by atomic mass is 10.2. The Balaban J connectivity index is 1.87. The van der Waals surface area contributed by atoms with E-state index in [1.165, 1.54) is 0 Å². The average molecular weight is 429 g/mol. The van der Waals surface area contributed by atoms with Crippen LogP contribution < -0.4 is 14.8 Å². The average Bonchev–Trinajstić information content (AvgIpc) is 2.81. The molecule has 0 unspecified atom stereocenters. The highest BCUT2D eigenvalue weighted by Crippen LogP contribution is 2.38. The Labute approximate surface area is 159 Å². The zero-order valence-corrected chi connectivity index (χ0v) is 16.6. The molecule has 1 aromatic heterocycles. The van der Waals surface area contributed by atoms with Gasteiger partial charge in [-0.15, -0.1) is 0 Å². The van der Waals surface area contributed by atoms with Crippen molar-refractivity contribution in [1.82, 2.24) is 9.78 Å². The molecule has 0 saturated heterocycles. The molecule has 2 heterocycles. The Kier molecular flexibility index (Phi) is 5.24. The summed E-state index contributed by atoms with van der Waals surface area (Å²) in [4.78, 5) is 12.7. The molecule has 0 radical (unpaired) electrons. The number of nitrogens with one attached hydrogen (secondary N) is 1. The first-order valence-electron chi connectivity index (χ1n) is 8.00. The zero-order valence-electron chi connectivity index (χ0n) is 14.2. The Morgan fingerprint density at radius 2 is 2.00 bits per heavy atom. The van der Waals surface area contributed by atoms with Gasteiger partial charge in [-0.05, 0) is 28.8 Å². The molecule has 0 fully saturated rings. The van der Waals surface area contributed by atoms with Crippen LogP contribution in [0.2, 0.25) is 5.15 Å². The maximum atomic E-state index is 12.7. The van der Waals surface area contributed by atoms with Gasteiger partial charge in [-0.3, -0.25) is 9.48 Å². The Bertz CT molecular complexity index is 820. The number of halogens is 2. The van der Waals surface area contributed by atoms with Gasteiger partial charge in [0.1, 0.15) is 18.4 Å². The van der Waals surface area contributed by atoms with Crippen molar-refractivity contribution < 1.29 is 14.3 Å². The van der Waals surface area contributed by atoms with E-state index in [1.54, 1.807) is 23.7 Å². The molecule has 1 aliphatic rings. The highest BCUT2D eigenvalue weighted by molar-refractivity contribution is 9.10. The first-order valence-corrected chi connectivity index (χ1v) is 9.17. The van der Waals surface area contributed by atoms with Crippen LogP contribution in [0.25, 0.3) is 0 Å². The number of fused-ring (bicyclic) bond motifs is 1. The smallest absolute Gasteiger partial charge is 0.260 e. The summed E-state index contributed by atoms with van der Waals surface area (Å²) in [5.41, 5.74) is 1.56. The van der Waals surface area contributed by atoms with Gasteiger partial charge < -0.3 is 14.8 Å². The van der Waals surface area contributed by atoms with Crippen molar-refractivity contribution in [2.24, 2.45) is 5.92 Å². The second kappa shape index (κ2) is 7.25. The van der Waals surface area contributed by atoms with Gasteiger partial charge in [-0.25, -0.2) is 0 Å². The number of ether oxygens (including phenoxy) is 2. The molecule has 25 heavy (non-hydrogen) atoms. The van der Waals surface area contributed by atoms with Crippen molar-refractivity contribution in [2.45, 2.75) is 27.3 Å². The lowest BCUT2D eigenvalue weighted by Crippen LogP contribution is -2.17. The number of anilines is 1. The first kappa shape index (κ1) is 18.1. The maximum Gasteiger partial charge on any atom is 0.260 e. The quantitative estimate of drug-likeness (QED) is 0.789. The van der Waals surface area contributed by atoms with Gasteiger partial charge in [0.2, 0.25) is 0 Å². The van der Waals surface area contributed by atoms with E-state index in [0.29, 0.717) is 63.7 Å². The molecule has 0 spiro atoms. The second-order valence-electron chi connectivity index (χ2n) is 6.26. The number of amides is 1. The van der Waals surface area contributed by atoms with E-state index in [2.05, 4.69) is 40.2 Å². The van der Waals surface area contributed by atoms with Crippen LogP contribution in [-0.2, 0) is 6.54 Å². The lowest BCUT2D eigenvalue weighted by Gasteiger charge is -2.20. The third kappa shape index (κ3) is 3.77. The molecule has 1 N–H and O–H groups in total. The molecule has 6 nitrogen and oxygen atoms in total. The number of carbonyl (C=O) groups excluding carboxylic acids is 1. The summed E-state index contributed by atoms with van der Waals surface area (Å²) >= 11 is 9.82. The van der Waals surface area contributed by atoms with Crippen LogP contribution >= 0.6 is 27.5 Å². The number of nitrogens with zero attached hydrogens (tertiary/aromatic N) is 2. The molecule has 0 atom stereocenters. The van der Waals surface area contributed by atoms with Crippen molar-refractivity contribution in [1.29, 1.82) is 0 Å². The summed E-state index contributed by atoms with van der Waals surface area (Å²) < 4.78 is 13.5. The van der Waals surface area contributed by atoms with E-state index >= 15 is 0 Å². The molecule has 3 rings (SSSR count). The standard InChI is InChI=1S/C17H19BrClN3O3/c1-9(2)8-22-16(19)15(10(3)21-22)17(23)20-12-7-14-13(6-11(12)18)24-4-5-25-14/h6-7,9H,4-5,8H2,1-3H3,(H,20,23). The second-order valence-corrected chi connectivity index (χ2v) is 7.47. The van der Waals surface area contributed by atoms with Crippen LogP contribution in [0.3, 0.4) is 0 Å². The van der Waals surface area contributed by atoms with Gasteiger partial charge in [0.05, 0.1) is 16.9 Å². The molecule has 0 bridgehead atoms. The Morgan fingerprint density at radius 3 is 2.64 bits per heavy atom. The van der Waals surface area contributed by atoms with E-state index in [9.17, 15) is 4.79 Å². The molecule has 1 aromatic carbocycles. The predicted molar refractivity (Wildman–Crippen MR) is 99.9 cm³/mol. The fourth-order valence-electron chi connectivity index (χ4n) is 2.62. The van der Waals surface area contributed by atoms with Crippen molar-refractivity contribution in [3.8, 4) is 11.5 Å². The van der Waals surface area contributed by atoms with Crippen molar-refractivity contribution >= 4 is 39.1 Å². The van der Waals surface area contributed by atoms with E-state index in [1.807, 2.05) is 0 Å². The van der Waals surface area contributed by atoms with Gasteiger partial charge >= 0.3 is 0 Å². The Hall–Kier alpha value is -1.73. The Morgan fingerprint density at radius 1 is 1.36 bits per heavy atom. The minimum Gasteiger partial charge on any atom is -0.486 e. The summed E-state index contributed by atoms with van der Waals surface area (Å²) in [6.07, 6.45) is 0. The molecule has 1 amide bonds. The minimum absolute atomic E-state index is 0.310. The van der Waals surface area contributed by atoms with Gasteiger partial charge in [0.25, 0.3) is 5.91 Å². The van der Waals surface area contributed by atoms with Gasteiger partial charge in [-0.2, -0.15) is 5.10 Å². The summed E-state index contributed by atoms with van der Waals surface area (Å²) in [6, 6.07) is 3.51. The van der Waals surface area contributed by atoms with E-state index in [4.69, 9.17) is 21.1 Å². The summed E-state index contributed by atoms with van der Waals surface area (Å²) in [6.45, 7) is 7.56. The largest absolute Gasteiger partial charge is 0.486 e. The highest BCUT2D eigenvalue weighted by Gasteiger charge is 2.22. The topological polar surface area (TPSA) is 65.4 Å². The predicted octanol–water partition coefficient (Wildman–Crippen LogP) is 4.29. The van der Waals surface area contributed by atoms with E-state index < -0.39 is 0 Å². The number of hydrogen-bond acceptors (Lipinski definition) is 4. The minimum atomic E-state index is -0.310. The van der Waals surface area contributed by atoms with Crippen LogP contribution in [0.1, 0.15) is 29.9 Å². The normalized spacial score (nSPS) is 13.2. The molecular weight excluding hydrogens is 410 g/mol. The summed E-state index contributed by atoms with van der Waals surface area (Å²) in [7, 11) is 0. The monoisotopic (exact) mass is 427 g/mol. The van der Waals surface area contributed by atoms with Gasteiger partial charge in [0.15, 0.2) is 11.5 Å². The molecule has 1 aliphatic heterocycles. The third-order valence-corrected chi connectivity index (χ3v) is 4.75. The highest BCUT2D eigenvalue weighted by atomic mass is 79.9. The SMILES string of the molecule is Cc1nn(CC(C)C)c(Cl)c1C(=O)Nc1cc2c(cc1Br)OCCO2. The molecule has 8 heteroatoms. The summed E-state index contributed by atoms with van der Waals surface area (Å²) in [5, 5.41) is 7.58. The van der Waals surface area contributed by atoms with Crippen LogP contribution in [0.15, 0.2) is 16.6 Å².